The molecule has 0 aliphatic rings. The van der Waals surface area contributed by atoms with Crippen LogP contribution < -0.4 is 0 Å². The van der Waals surface area contributed by atoms with Gasteiger partial charge in [-0.25, -0.2) is 0 Å². The summed E-state index contributed by atoms with van der Waals surface area (Å²) in [6.07, 6.45) is -2.14. The van der Waals surface area contributed by atoms with E-state index in [1.165, 1.54) is 13.8 Å². The largest absolute Gasteiger partial charge is 0.393 e. The maximum atomic E-state index is 12.6. The summed E-state index contributed by atoms with van der Waals surface area (Å²) in [6.45, 7) is 8.38. The first-order chi connectivity index (χ1) is 6.02. The molecule has 0 aromatic heterocycles. The van der Waals surface area contributed by atoms with E-state index in [4.69, 9.17) is 0 Å². The second-order valence-electron chi connectivity index (χ2n) is 5.47. The van der Waals surface area contributed by atoms with Crippen molar-refractivity contribution in [3.63, 3.8) is 0 Å². The van der Waals surface area contributed by atoms with Gasteiger partial charge in [0.25, 0.3) is 0 Å². The first kappa shape index (κ1) is 13.8. The molecule has 0 saturated carbocycles. The lowest BCUT2D eigenvalue weighted by Gasteiger charge is -2.36. The van der Waals surface area contributed by atoms with Crippen LogP contribution in [0.25, 0.3) is 0 Å². The van der Waals surface area contributed by atoms with Gasteiger partial charge in [-0.1, -0.05) is 41.0 Å². The van der Waals surface area contributed by atoms with E-state index in [-0.39, 0.29) is 11.8 Å². The minimum atomic E-state index is -4.10. The molecule has 0 aromatic rings. The van der Waals surface area contributed by atoms with Crippen LogP contribution in [0.3, 0.4) is 0 Å². The van der Waals surface area contributed by atoms with E-state index >= 15 is 0 Å². The SMILES string of the molecule is CCCC(C)(C)CC(C)(C)C(F)(F)F. The van der Waals surface area contributed by atoms with Crippen molar-refractivity contribution in [3.05, 3.63) is 0 Å². The van der Waals surface area contributed by atoms with Gasteiger partial charge in [-0.05, 0) is 18.3 Å². The molecule has 0 aliphatic carbocycles. The van der Waals surface area contributed by atoms with Crippen LogP contribution in [0.1, 0.15) is 53.9 Å². The maximum Gasteiger partial charge on any atom is 0.393 e. The standard InChI is InChI=1S/C11H21F3/c1-6-7-9(2,3)8-10(4,5)11(12,13)14/h6-8H2,1-5H3. The van der Waals surface area contributed by atoms with Gasteiger partial charge >= 0.3 is 6.18 Å². The van der Waals surface area contributed by atoms with Crippen LogP contribution in [0.4, 0.5) is 13.2 Å². The molecule has 14 heavy (non-hydrogen) atoms. The van der Waals surface area contributed by atoms with Crippen molar-refractivity contribution >= 4 is 0 Å². The molecule has 86 valence electrons. The van der Waals surface area contributed by atoms with Gasteiger partial charge in [-0.15, -0.1) is 0 Å². The molecule has 0 spiro atoms. The zero-order chi connectivity index (χ0) is 11.6. The van der Waals surface area contributed by atoms with E-state index in [1.54, 1.807) is 0 Å². The molecule has 0 bridgehead atoms. The summed E-state index contributed by atoms with van der Waals surface area (Å²) in [5.74, 6) is 0. The number of hydrogen-bond acceptors (Lipinski definition) is 0. The van der Waals surface area contributed by atoms with Crippen molar-refractivity contribution in [1.29, 1.82) is 0 Å². The van der Waals surface area contributed by atoms with Crippen LogP contribution in [0.5, 0.6) is 0 Å². The summed E-state index contributed by atoms with van der Waals surface area (Å²) in [5.41, 5.74) is -1.81. The molecular weight excluding hydrogens is 189 g/mol. The third-order valence-corrected chi connectivity index (χ3v) is 2.61. The van der Waals surface area contributed by atoms with E-state index in [2.05, 4.69) is 0 Å². The van der Waals surface area contributed by atoms with Crippen molar-refractivity contribution < 1.29 is 13.2 Å². The minimum Gasteiger partial charge on any atom is -0.171 e. The highest BCUT2D eigenvalue weighted by Crippen LogP contribution is 2.46. The highest BCUT2D eigenvalue weighted by Gasteiger charge is 2.49. The summed E-state index contributed by atoms with van der Waals surface area (Å²) in [6, 6.07) is 0. The van der Waals surface area contributed by atoms with E-state index in [0.717, 1.165) is 12.8 Å². The van der Waals surface area contributed by atoms with Gasteiger partial charge in [-0.3, -0.25) is 0 Å². The highest BCUT2D eigenvalue weighted by atomic mass is 19.4. The van der Waals surface area contributed by atoms with Crippen molar-refractivity contribution in [1.82, 2.24) is 0 Å². The Morgan fingerprint density at radius 1 is 0.929 bits per heavy atom. The van der Waals surface area contributed by atoms with E-state index in [9.17, 15) is 13.2 Å². The van der Waals surface area contributed by atoms with Crippen molar-refractivity contribution in [2.24, 2.45) is 10.8 Å². The van der Waals surface area contributed by atoms with E-state index < -0.39 is 11.6 Å². The van der Waals surface area contributed by atoms with E-state index in [1.807, 2.05) is 20.8 Å². The van der Waals surface area contributed by atoms with Gasteiger partial charge in [0.1, 0.15) is 0 Å². The Balaban J connectivity index is 4.50. The molecule has 0 aromatic carbocycles. The van der Waals surface area contributed by atoms with Gasteiger partial charge < -0.3 is 0 Å². The molecule has 0 fully saturated rings. The van der Waals surface area contributed by atoms with Crippen molar-refractivity contribution in [2.45, 2.75) is 60.1 Å². The third-order valence-electron chi connectivity index (χ3n) is 2.61. The Hall–Kier alpha value is -0.210. The third kappa shape index (κ3) is 3.89. The first-order valence-corrected chi connectivity index (χ1v) is 5.08. The monoisotopic (exact) mass is 210 g/mol. The van der Waals surface area contributed by atoms with Crippen molar-refractivity contribution in [2.75, 3.05) is 0 Å². The number of alkyl halides is 3. The zero-order valence-electron chi connectivity index (χ0n) is 9.76. The second kappa shape index (κ2) is 4.11. The van der Waals surface area contributed by atoms with Crippen LogP contribution in [0, 0.1) is 10.8 Å². The van der Waals surface area contributed by atoms with Crippen LogP contribution in [0.2, 0.25) is 0 Å². The fourth-order valence-electron chi connectivity index (χ4n) is 2.06. The molecule has 0 saturated heterocycles. The molecular formula is C11H21F3. The highest BCUT2D eigenvalue weighted by molar-refractivity contribution is 4.84. The Kier molecular flexibility index (Phi) is 4.05. The molecule has 0 unspecified atom stereocenters. The first-order valence-electron chi connectivity index (χ1n) is 5.08. The zero-order valence-corrected chi connectivity index (χ0v) is 9.76. The summed E-state index contributed by atoms with van der Waals surface area (Å²) >= 11 is 0. The summed E-state index contributed by atoms with van der Waals surface area (Å²) in [7, 11) is 0. The molecule has 0 atom stereocenters. The molecule has 0 nitrogen and oxygen atoms in total. The second-order valence-corrected chi connectivity index (χ2v) is 5.47. The van der Waals surface area contributed by atoms with Crippen LogP contribution in [0.15, 0.2) is 0 Å². The summed E-state index contributed by atoms with van der Waals surface area (Å²) in [5, 5.41) is 0. The average Bonchev–Trinajstić information content (AvgIpc) is 1.80. The van der Waals surface area contributed by atoms with Gasteiger partial charge in [0, 0.05) is 0 Å². The summed E-state index contributed by atoms with van der Waals surface area (Å²) < 4.78 is 37.8. The topological polar surface area (TPSA) is 0 Å². The Bertz CT molecular complexity index is 177. The van der Waals surface area contributed by atoms with Gasteiger partial charge in [0.2, 0.25) is 0 Å². The molecule has 0 radical (unpaired) electrons. The quantitative estimate of drug-likeness (QED) is 0.625. The Morgan fingerprint density at radius 3 is 1.64 bits per heavy atom. The lowest BCUT2D eigenvalue weighted by atomic mass is 9.72. The molecule has 0 amide bonds. The van der Waals surface area contributed by atoms with Crippen LogP contribution in [-0.4, -0.2) is 6.18 Å². The normalized spacial score (nSPS) is 14.6. The summed E-state index contributed by atoms with van der Waals surface area (Å²) in [4.78, 5) is 0. The maximum absolute atomic E-state index is 12.6. The smallest absolute Gasteiger partial charge is 0.171 e. The number of hydrogen-bond donors (Lipinski definition) is 0. The van der Waals surface area contributed by atoms with Crippen LogP contribution >= 0.6 is 0 Å². The molecule has 0 N–H and O–H groups in total. The van der Waals surface area contributed by atoms with Gasteiger partial charge in [-0.2, -0.15) is 13.2 Å². The molecule has 0 aliphatic heterocycles. The van der Waals surface area contributed by atoms with Crippen molar-refractivity contribution in [3.8, 4) is 0 Å². The fourth-order valence-corrected chi connectivity index (χ4v) is 2.06. The lowest BCUT2D eigenvalue weighted by molar-refractivity contribution is -0.221. The minimum absolute atomic E-state index is 0.192. The average molecular weight is 210 g/mol. The van der Waals surface area contributed by atoms with Gasteiger partial charge in [0.05, 0.1) is 5.41 Å². The fraction of sp³-hybridized carbons (Fsp3) is 1.00. The Labute approximate surface area is 84.9 Å². The number of halogens is 3. The molecule has 0 rings (SSSR count). The lowest BCUT2D eigenvalue weighted by Crippen LogP contribution is -2.36. The Morgan fingerprint density at radius 2 is 1.36 bits per heavy atom. The van der Waals surface area contributed by atoms with E-state index in [0.29, 0.717) is 0 Å². The van der Waals surface area contributed by atoms with Crippen LogP contribution in [-0.2, 0) is 0 Å². The van der Waals surface area contributed by atoms with Gasteiger partial charge in [0.15, 0.2) is 0 Å². The molecule has 0 heterocycles. The predicted octanol–water partition coefficient (Wildman–Crippen LogP) is 4.79. The molecule has 3 heteroatoms. The number of rotatable bonds is 4. The predicted molar refractivity (Wildman–Crippen MR) is 53.1 cm³/mol.